The average molecular weight is 604 g/mol. The summed E-state index contributed by atoms with van der Waals surface area (Å²) in [5, 5.41) is 8.97. The molecule has 1 aliphatic carbocycles. The van der Waals surface area contributed by atoms with Crippen molar-refractivity contribution >= 4 is 21.3 Å². The van der Waals surface area contributed by atoms with Crippen LogP contribution in [-0.2, 0) is 21.3 Å². The number of carbonyl (C=O) groups excluding carboxylic acids is 1. The molecular formula is C25H23F6N5O4S. The van der Waals surface area contributed by atoms with Gasteiger partial charge in [0.1, 0.15) is 11.0 Å². The van der Waals surface area contributed by atoms with E-state index in [1.165, 1.54) is 24.3 Å². The third-order valence-electron chi connectivity index (χ3n) is 6.69. The molecule has 0 radical (unpaired) electrons. The Bertz CT molecular complexity index is 1600. The van der Waals surface area contributed by atoms with Crippen LogP contribution in [0.15, 0.2) is 41.3 Å². The van der Waals surface area contributed by atoms with Gasteiger partial charge < -0.3 is 14.8 Å². The number of ether oxygens (including phenoxy) is 2. The first-order valence-electron chi connectivity index (χ1n) is 11.9. The van der Waals surface area contributed by atoms with E-state index in [0.717, 1.165) is 32.4 Å². The number of pyridine rings is 1. The molecule has 220 valence electrons. The van der Waals surface area contributed by atoms with E-state index >= 15 is 0 Å². The Morgan fingerprint density at radius 3 is 2.29 bits per heavy atom. The molecule has 1 aromatic carbocycles. The van der Waals surface area contributed by atoms with Gasteiger partial charge in [-0.15, -0.1) is 10.2 Å². The number of hydrogen-bond donors (Lipinski definition) is 2. The van der Waals surface area contributed by atoms with Gasteiger partial charge in [-0.2, -0.15) is 26.3 Å². The van der Waals surface area contributed by atoms with Crippen LogP contribution in [0.25, 0.3) is 0 Å². The minimum absolute atomic E-state index is 0.0200. The molecule has 0 saturated heterocycles. The first kappa shape index (κ1) is 30.0. The molecule has 3 aromatic rings. The van der Waals surface area contributed by atoms with Gasteiger partial charge in [-0.1, -0.05) is 12.5 Å². The molecule has 0 spiro atoms. The fourth-order valence-corrected chi connectivity index (χ4v) is 5.04. The molecule has 9 nitrogen and oxygen atoms in total. The predicted molar refractivity (Wildman–Crippen MR) is 134 cm³/mol. The minimum atomic E-state index is -4.99. The van der Waals surface area contributed by atoms with Crippen molar-refractivity contribution in [3.63, 3.8) is 0 Å². The monoisotopic (exact) mass is 603 g/mol. The lowest BCUT2D eigenvalue weighted by molar-refractivity contribution is -0.214. The zero-order chi connectivity index (χ0) is 30.4. The van der Waals surface area contributed by atoms with E-state index in [4.69, 9.17) is 14.3 Å². The molecule has 1 saturated carbocycles. The number of aromatic nitrogens is 3. The van der Waals surface area contributed by atoms with Gasteiger partial charge in [0.25, 0.3) is 17.7 Å². The minimum Gasteiger partial charge on any atom is -0.478 e. The van der Waals surface area contributed by atoms with Gasteiger partial charge in [0.05, 0.1) is 22.5 Å². The van der Waals surface area contributed by atoms with Crippen LogP contribution in [-0.4, -0.2) is 44.8 Å². The number of rotatable bonds is 7. The Balaban J connectivity index is 1.76. The van der Waals surface area contributed by atoms with Gasteiger partial charge in [0, 0.05) is 16.8 Å². The standard InChI is InChI=1S/C25H23F6N5O4S/c1-13-18(20(37)33-14-6-4-7-15(12-14)41(3,32)38)22(36-35-19(13)24(26,27)28)40-16-8-9-17(34-21(16)39-2)23(10-5-11-23)25(29,30)31/h4,6-9,12,32H,5,10-11H2,1-3H3,(H,33,37). The maximum Gasteiger partial charge on any atom is 0.435 e. The van der Waals surface area contributed by atoms with Gasteiger partial charge in [0.15, 0.2) is 11.4 Å². The van der Waals surface area contributed by atoms with E-state index in [9.17, 15) is 35.3 Å². The zero-order valence-electron chi connectivity index (χ0n) is 21.7. The van der Waals surface area contributed by atoms with E-state index < -0.39 is 62.0 Å². The molecule has 1 amide bonds. The van der Waals surface area contributed by atoms with Crippen molar-refractivity contribution in [3.05, 3.63) is 58.9 Å². The second-order valence-corrected chi connectivity index (χ2v) is 11.6. The van der Waals surface area contributed by atoms with Crippen molar-refractivity contribution in [1.82, 2.24) is 15.2 Å². The second kappa shape index (κ2) is 10.5. The number of hydrogen-bond acceptors (Lipinski definition) is 8. The Morgan fingerprint density at radius 2 is 1.76 bits per heavy atom. The Labute approximate surface area is 230 Å². The van der Waals surface area contributed by atoms with E-state index in [1.807, 2.05) is 0 Å². The lowest BCUT2D eigenvalue weighted by Gasteiger charge is -2.42. The van der Waals surface area contributed by atoms with Crippen molar-refractivity contribution in [2.45, 2.75) is 48.8 Å². The second-order valence-electron chi connectivity index (χ2n) is 9.42. The van der Waals surface area contributed by atoms with Crippen LogP contribution in [0.2, 0.25) is 0 Å². The van der Waals surface area contributed by atoms with Crippen LogP contribution in [0, 0.1) is 11.7 Å². The van der Waals surface area contributed by atoms with Crippen molar-refractivity contribution < 1.29 is 44.8 Å². The molecule has 16 heteroatoms. The van der Waals surface area contributed by atoms with Gasteiger partial charge in [0.2, 0.25) is 0 Å². The van der Waals surface area contributed by atoms with E-state index in [0.29, 0.717) is 6.42 Å². The molecule has 1 unspecified atom stereocenters. The molecule has 0 bridgehead atoms. The highest BCUT2D eigenvalue weighted by Gasteiger charge is 2.60. The normalized spacial score (nSPS) is 16.3. The largest absolute Gasteiger partial charge is 0.478 e. The average Bonchev–Trinajstić information content (AvgIpc) is 2.82. The van der Waals surface area contributed by atoms with Crippen molar-refractivity contribution in [3.8, 4) is 17.5 Å². The smallest absolute Gasteiger partial charge is 0.435 e. The number of methoxy groups -OCH3 is 1. The molecule has 1 atom stereocenters. The van der Waals surface area contributed by atoms with Crippen LogP contribution < -0.4 is 14.8 Å². The number of halogens is 6. The predicted octanol–water partition coefficient (Wildman–Crippen LogP) is 6.27. The number of nitrogens with zero attached hydrogens (tertiary/aromatic N) is 3. The van der Waals surface area contributed by atoms with Gasteiger partial charge in [-0.05, 0) is 55.7 Å². The number of nitrogens with one attached hydrogen (secondary N) is 2. The maximum absolute atomic E-state index is 13.8. The number of benzene rings is 1. The van der Waals surface area contributed by atoms with Crippen molar-refractivity contribution in [1.29, 1.82) is 4.78 Å². The summed E-state index contributed by atoms with van der Waals surface area (Å²) < 4.78 is 113. The molecular weight excluding hydrogens is 580 g/mol. The third kappa shape index (κ3) is 5.78. The fraction of sp³-hybridized carbons (Fsp3) is 0.360. The summed E-state index contributed by atoms with van der Waals surface area (Å²) in [4.78, 5) is 17.3. The highest BCUT2D eigenvalue weighted by atomic mass is 32.2. The molecule has 41 heavy (non-hydrogen) atoms. The quantitative estimate of drug-likeness (QED) is 0.305. The molecule has 2 N–H and O–H groups in total. The highest BCUT2D eigenvalue weighted by Crippen LogP contribution is 2.54. The molecule has 4 rings (SSSR count). The third-order valence-corrected chi connectivity index (χ3v) is 7.84. The maximum atomic E-state index is 13.8. The van der Waals surface area contributed by atoms with Crippen LogP contribution in [0.3, 0.4) is 0 Å². The number of anilines is 1. The van der Waals surface area contributed by atoms with Crippen LogP contribution in [0.4, 0.5) is 32.0 Å². The molecule has 0 aliphatic heterocycles. The van der Waals surface area contributed by atoms with Gasteiger partial charge >= 0.3 is 12.4 Å². The van der Waals surface area contributed by atoms with E-state index in [1.54, 1.807) is 0 Å². The van der Waals surface area contributed by atoms with Crippen LogP contribution in [0.1, 0.15) is 46.6 Å². The summed E-state index contributed by atoms with van der Waals surface area (Å²) in [5.74, 6) is -2.55. The molecule has 2 aromatic heterocycles. The van der Waals surface area contributed by atoms with Crippen LogP contribution >= 0.6 is 0 Å². The van der Waals surface area contributed by atoms with E-state index in [-0.39, 0.29) is 34.9 Å². The summed E-state index contributed by atoms with van der Waals surface area (Å²) in [6.45, 7) is 0.973. The number of alkyl halides is 6. The number of carbonyl (C=O) groups is 1. The Kier molecular flexibility index (Phi) is 7.66. The SMILES string of the molecule is COc1nc(C2(C(F)(F)F)CCC2)ccc1Oc1nnc(C(F)(F)F)c(C)c1C(=O)Nc1cccc(S(C)(=N)=O)c1. The highest BCUT2D eigenvalue weighted by molar-refractivity contribution is 7.91. The van der Waals surface area contributed by atoms with E-state index in [2.05, 4.69) is 20.5 Å². The lowest BCUT2D eigenvalue weighted by Crippen LogP contribution is -2.48. The molecule has 1 aliphatic rings. The van der Waals surface area contributed by atoms with Gasteiger partial charge in [-0.3, -0.25) is 4.79 Å². The summed E-state index contributed by atoms with van der Waals surface area (Å²) in [5.41, 5.74) is -5.25. The van der Waals surface area contributed by atoms with Crippen LogP contribution in [0.5, 0.6) is 17.5 Å². The summed E-state index contributed by atoms with van der Waals surface area (Å²) in [6, 6.07) is 7.54. The summed E-state index contributed by atoms with van der Waals surface area (Å²) in [7, 11) is -2.06. The number of amides is 1. The molecule has 1 fully saturated rings. The topological polar surface area (TPSA) is 127 Å². The molecule has 2 heterocycles. The Morgan fingerprint density at radius 1 is 1.07 bits per heavy atom. The summed E-state index contributed by atoms with van der Waals surface area (Å²) >= 11 is 0. The van der Waals surface area contributed by atoms with Crippen molar-refractivity contribution in [2.24, 2.45) is 0 Å². The van der Waals surface area contributed by atoms with Gasteiger partial charge in [-0.25, -0.2) is 14.0 Å². The Hall–Kier alpha value is -3.95. The lowest BCUT2D eigenvalue weighted by atomic mass is 9.66. The first-order valence-corrected chi connectivity index (χ1v) is 13.8. The van der Waals surface area contributed by atoms with Crippen molar-refractivity contribution in [2.75, 3.05) is 18.7 Å². The zero-order valence-corrected chi connectivity index (χ0v) is 22.6. The first-order chi connectivity index (χ1) is 19.0. The fourth-order valence-electron chi connectivity index (χ4n) is 4.35. The summed E-state index contributed by atoms with van der Waals surface area (Å²) in [6.07, 6.45) is -8.40.